The van der Waals surface area contributed by atoms with Crippen LogP contribution in [0.15, 0.2) is 0 Å². The fourth-order valence-electron chi connectivity index (χ4n) is 2.00. The van der Waals surface area contributed by atoms with Crippen LogP contribution in [0.4, 0.5) is 0 Å². The van der Waals surface area contributed by atoms with Crippen molar-refractivity contribution in [1.29, 1.82) is 0 Å². The molecule has 0 aromatic carbocycles. The number of likely N-dealkylation sites (tertiary alicyclic amines) is 1. The van der Waals surface area contributed by atoms with E-state index in [1.807, 2.05) is 6.92 Å². The zero-order chi connectivity index (χ0) is 10.9. The van der Waals surface area contributed by atoms with Gasteiger partial charge < -0.3 is 10.2 Å². The van der Waals surface area contributed by atoms with Gasteiger partial charge in [-0.05, 0) is 45.3 Å². The molecule has 1 heterocycles. The molecule has 1 amide bonds. The molecule has 0 aliphatic carbocycles. The van der Waals surface area contributed by atoms with Crippen LogP contribution in [0.5, 0.6) is 0 Å². The molecule has 15 heavy (non-hydrogen) atoms. The zero-order valence-electron chi connectivity index (χ0n) is 9.93. The maximum absolute atomic E-state index is 11.0. The number of nitrogens with one attached hydrogen (secondary N) is 1. The van der Waals surface area contributed by atoms with Gasteiger partial charge in [-0.3, -0.25) is 4.79 Å². The van der Waals surface area contributed by atoms with Crippen LogP contribution < -0.4 is 5.32 Å². The van der Waals surface area contributed by atoms with Gasteiger partial charge in [0.1, 0.15) is 0 Å². The Bertz CT molecular complexity index is 176. The highest BCUT2D eigenvalue weighted by atomic mass is 16.1. The second-order valence-electron chi connectivity index (χ2n) is 4.31. The van der Waals surface area contributed by atoms with Gasteiger partial charge in [-0.25, -0.2) is 0 Å². The Kier molecular flexibility index (Phi) is 6.41. The molecule has 0 radical (unpaired) electrons. The highest BCUT2D eigenvalue weighted by Crippen LogP contribution is 2.08. The van der Waals surface area contributed by atoms with Crippen LogP contribution in [0.25, 0.3) is 0 Å². The minimum Gasteiger partial charge on any atom is -0.356 e. The summed E-state index contributed by atoms with van der Waals surface area (Å²) in [4.78, 5) is 13.5. The number of piperidine rings is 1. The van der Waals surface area contributed by atoms with Gasteiger partial charge >= 0.3 is 0 Å². The molecule has 3 nitrogen and oxygen atoms in total. The van der Waals surface area contributed by atoms with Crippen LogP contribution in [0.3, 0.4) is 0 Å². The first kappa shape index (κ1) is 12.5. The number of amides is 1. The predicted octanol–water partition coefficient (Wildman–Crippen LogP) is 1.78. The van der Waals surface area contributed by atoms with E-state index in [-0.39, 0.29) is 5.91 Å². The van der Waals surface area contributed by atoms with Crippen molar-refractivity contribution < 1.29 is 4.79 Å². The van der Waals surface area contributed by atoms with E-state index < -0.39 is 0 Å². The van der Waals surface area contributed by atoms with Crippen LogP contribution in [0.1, 0.15) is 45.4 Å². The van der Waals surface area contributed by atoms with Crippen molar-refractivity contribution in [2.24, 2.45) is 0 Å². The Morgan fingerprint density at radius 3 is 2.60 bits per heavy atom. The quantitative estimate of drug-likeness (QED) is 0.681. The van der Waals surface area contributed by atoms with E-state index in [4.69, 9.17) is 0 Å². The van der Waals surface area contributed by atoms with E-state index in [9.17, 15) is 4.79 Å². The van der Waals surface area contributed by atoms with Crippen LogP contribution in [0, 0.1) is 0 Å². The van der Waals surface area contributed by atoms with Gasteiger partial charge in [-0.15, -0.1) is 0 Å². The average Bonchev–Trinajstić information content (AvgIpc) is 2.29. The molecule has 0 aromatic heterocycles. The summed E-state index contributed by atoms with van der Waals surface area (Å²) in [5.74, 6) is 0.174. The predicted molar refractivity (Wildman–Crippen MR) is 62.8 cm³/mol. The summed E-state index contributed by atoms with van der Waals surface area (Å²) in [6.45, 7) is 6.51. The summed E-state index contributed by atoms with van der Waals surface area (Å²) in [6, 6.07) is 0. The van der Waals surface area contributed by atoms with E-state index in [0.717, 1.165) is 13.0 Å². The molecule has 0 unspecified atom stereocenters. The molecule has 0 aromatic rings. The average molecular weight is 212 g/mol. The number of unbranched alkanes of at least 4 members (excludes halogenated alkanes) is 1. The van der Waals surface area contributed by atoms with E-state index in [0.29, 0.717) is 6.42 Å². The monoisotopic (exact) mass is 212 g/mol. The lowest BCUT2D eigenvalue weighted by molar-refractivity contribution is -0.120. The fourth-order valence-corrected chi connectivity index (χ4v) is 2.00. The number of nitrogens with zero attached hydrogens (tertiary/aromatic N) is 1. The van der Waals surface area contributed by atoms with Gasteiger partial charge in [-0.2, -0.15) is 0 Å². The van der Waals surface area contributed by atoms with Gasteiger partial charge in [0.05, 0.1) is 0 Å². The summed E-state index contributed by atoms with van der Waals surface area (Å²) in [5.41, 5.74) is 0. The summed E-state index contributed by atoms with van der Waals surface area (Å²) < 4.78 is 0. The lowest BCUT2D eigenvalue weighted by Gasteiger charge is -2.26. The SMILES string of the molecule is CCC(=O)NCCCCN1CCCCC1. The Morgan fingerprint density at radius 2 is 1.93 bits per heavy atom. The number of hydrogen-bond donors (Lipinski definition) is 1. The van der Waals surface area contributed by atoms with Gasteiger partial charge in [0.2, 0.25) is 5.91 Å². The minimum atomic E-state index is 0.174. The summed E-state index contributed by atoms with van der Waals surface area (Å²) in [5, 5.41) is 2.91. The van der Waals surface area contributed by atoms with E-state index in [2.05, 4.69) is 10.2 Å². The largest absolute Gasteiger partial charge is 0.356 e. The molecule has 1 N–H and O–H groups in total. The van der Waals surface area contributed by atoms with E-state index in [1.54, 1.807) is 0 Å². The van der Waals surface area contributed by atoms with Gasteiger partial charge in [-0.1, -0.05) is 13.3 Å². The molecule has 0 bridgehead atoms. The molecule has 1 fully saturated rings. The van der Waals surface area contributed by atoms with Crippen LogP contribution in [-0.4, -0.2) is 37.0 Å². The smallest absolute Gasteiger partial charge is 0.219 e. The Hall–Kier alpha value is -0.570. The number of hydrogen-bond acceptors (Lipinski definition) is 2. The molecule has 1 aliphatic rings. The van der Waals surface area contributed by atoms with Crippen LogP contribution in [-0.2, 0) is 4.79 Å². The molecular formula is C12H24N2O. The molecule has 1 aliphatic heterocycles. The lowest BCUT2D eigenvalue weighted by Crippen LogP contribution is -2.31. The molecule has 1 saturated heterocycles. The fraction of sp³-hybridized carbons (Fsp3) is 0.917. The zero-order valence-corrected chi connectivity index (χ0v) is 9.93. The highest BCUT2D eigenvalue weighted by molar-refractivity contribution is 5.75. The second kappa shape index (κ2) is 7.69. The molecule has 1 rings (SSSR count). The first-order valence-electron chi connectivity index (χ1n) is 6.32. The van der Waals surface area contributed by atoms with Crippen molar-refractivity contribution in [2.75, 3.05) is 26.2 Å². The first-order valence-corrected chi connectivity index (χ1v) is 6.32. The Labute approximate surface area is 93.2 Å². The molecule has 0 spiro atoms. The van der Waals surface area contributed by atoms with Gasteiger partial charge in [0.25, 0.3) is 0 Å². The third-order valence-corrected chi connectivity index (χ3v) is 2.99. The van der Waals surface area contributed by atoms with Crippen LogP contribution >= 0.6 is 0 Å². The van der Waals surface area contributed by atoms with E-state index in [1.165, 1.54) is 45.3 Å². The second-order valence-corrected chi connectivity index (χ2v) is 4.31. The highest BCUT2D eigenvalue weighted by Gasteiger charge is 2.08. The number of carbonyl (C=O) groups is 1. The maximum atomic E-state index is 11.0. The number of rotatable bonds is 6. The summed E-state index contributed by atoms with van der Waals surface area (Å²) in [7, 11) is 0. The summed E-state index contributed by atoms with van der Waals surface area (Å²) in [6.07, 6.45) is 7.07. The number of carbonyl (C=O) groups excluding carboxylic acids is 1. The molecule has 3 heteroatoms. The molecular weight excluding hydrogens is 188 g/mol. The third kappa shape index (κ3) is 5.78. The molecule has 0 atom stereocenters. The van der Waals surface area contributed by atoms with Gasteiger partial charge in [0, 0.05) is 13.0 Å². The van der Waals surface area contributed by atoms with Crippen molar-refractivity contribution in [3.05, 3.63) is 0 Å². The van der Waals surface area contributed by atoms with Crippen LogP contribution in [0.2, 0.25) is 0 Å². The van der Waals surface area contributed by atoms with Crippen molar-refractivity contribution in [2.45, 2.75) is 45.4 Å². The summed E-state index contributed by atoms with van der Waals surface area (Å²) >= 11 is 0. The maximum Gasteiger partial charge on any atom is 0.219 e. The first-order chi connectivity index (χ1) is 7.33. The minimum absolute atomic E-state index is 0.174. The van der Waals surface area contributed by atoms with Crippen molar-refractivity contribution in [3.63, 3.8) is 0 Å². The molecule has 88 valence electrons. The van der Waals surface area contributed by atoms with Crippen molar-refractivity contribution in [1.82, 2.24) is 10.2 Å². The van der Waals surface area contributed by atoms with Crippen molar-refractivity contribution >= 4 is 5.91 Å². The van der Waals surface area contributed by atoms with E-state index >= 15 is 0 Å². The Balaban J connectivity index is 1.89. The standard InChI is InChI=1S/C12H24N2O/c1-2-12(15)13-8-4-7-11-14-9-5-3-6-10-14/h2-11H2,1H3,(H,13,15). The van der Waals surface area contributed by atoms with Gasteiger partial charge in [0.15, 0.2) is 0 Å². The lowest BCUT2D eigenvalue weighted by atomic mass is 10.1. The Morgan fingerprint density at radius 1 is 1.20 bits per heavy atom. The normalized spacial score (nSPS) is 17.7. The topological polar surface area (TPSA) is 32.3 Å². The third-order valence-electron chi connectivity index (χ3n) is 2.99. The van der Waals surface area contributed by atoms with Crippen molar-refractivity contribution in [3.8, 4) is 0 Å². The molecule has 0 saturated carbocycles.